The number of hydrogen-bond donors (Lipinski definition) is 1. The Morgan fingerprint density at radius 2 is 1.56 bits per heavy atom. The molecule has 0 spiro atoms. The average Bonchev–Trinajstić information content (AvgIpc) is 3.08. The van der Waals surface area contributed by atoms with Gasteiger partial charge in [0, 0.05) is 6.04 Å². The minimum atomic E-state index is 0.871. The van der Waals surface area contributed by atoms with Gasteiger partial charge >= 0.3 is 0 Å². The fourth-order valence-electron chi connectivity index (χ4n) is 4.75. The summed E-state index contributed by atoms with van der Waals surface area (Å²) in [7, 11) is 0. The van der Waals surface area contributed by atoms with Crippen molar-refractivity contribution in [3.8, 4) is 0 Å². The van der Waals surface area contributed by atoms with Gasteiger partial charge in [-0.15, -0.1) is 0 Å². The molecule has 0 heterocycles. The molecule has 0 radical (unpaired) electrons. The standard InChI is InChI=1S/C17H31N/c1-2-9-18-17(13-7-5-3-4-6-8-13)16-11-14-10-15(14)12-16/h13-18H,2-12H2,1H3. The Hall–Kier alpha value is -0.0400. The molecule has 0 aromatic heterocycles. The van der Waals surface area contributed by atoms with Gasteiger partial charge < -0.3 is 5.32 Å². The summed E-state index contributed by atoms with van der Waals surface area (Å²) in [6, 6.07) is 0.871. The Bertz CT molecular complexity index is 244. The van der Waals surface area contributed by atoms with Gasteiger partial charge in [0.1, 0.15) is 0 Å². The molecule has 0 aliphatic heterocycles. The molecule has 0 amide bonds. The molecule has 3 aliphatic rings. The van der Waals surface area contributed by atoms with Crippen LogP contribution in [0.1, 0.15) is 71.1 Å². The normalized spacial score (nSPS) is 38.2. The monoisotopic (exact) mass is 249 g/mol. The van der Waals surface area contributed by atoms with E-state index < -0.39 is 0 Å². The van der Waals surface area contributed by atoms with Crippen LogP contribution in [-0.4, -0.2) is 12.6 Å². The molecule has 1 nitrogen and oxygen atoms in total. The molecule has 1 heteroatoms. The Morgan fingerprint density at radius 3 is 2.17 bits per heavy atom. The maximum absolute atomic E-state index is 3.95. The maximum Gasteiger partial charge on any atom is 0.0124 e. The molecule has 3 rings (SSSR count). The molecule has 0 saturated heterocycles. The van der Waals surface area contributed by atoms with Gasteiger partial charge in [0.15, 0.2) is 0 Å². The van der Waals surface area contributed by atoms with E-state index >= 15 is 0 Å². The summed E-state index contributed by atoms with van der Waals surface area (Å²) in [5, 5.41) is 3.95. The molecule has 0 aromatic rings. The molecule has 1 N–H and O–H groups in total. The van der Waals surface area contributed by atoms with Crippen molar-refractivity contribution in [1.29, 1.82) is 0 Å². The van der Waals surface area contributed by atoms with Crippen molar-refractivity contribution in [3.05, 3.63) is 0 Å². The number of nitrogens with one attached hydrogen (secondary N) is 1. The van der Waals surface area contributed by atoms with Gasteiger partial charge in [-0.2, -0.15) is 0 Å². The highest BCUT2D eigenvalue weighted by molar-refractivity contribution is 5.00. The van der Waals surface area contributed by atoms with E-state index in [0.717, 1.165) is 29.7 Å². The first-order valence-electron chi connectivity index (χ1n) is 8.62. The zero-order valence-electron chi connectivity index (χ0n) is 12.2. The predicted molar refractivity (Wildman–Crippen MR) is 77.6 cm³/mol. The number of fused-ring (bicyclic) bond motifs is 1. The van der Waals surface area contributed by atoms with Crippen molar-refractivity contribution in [1.82, 2.24) is 5.32 Å². The van der Waals surface area contributed by atoms with Crippen molar-refractivity contribution in [2.45, 2.75) is 77.2 Å². The Labute approximate surface area is 113 Å². The molecule has 3 saturated carbocycles. The van der Waals surface area contributed by atoms with Gasteiger partial charge in [-0.25, -0.2) is 0 Å². The fraction of sp³-hybridized carbons (Fsp3) is 1.00. The Kier molecular flexibility index (Phi) is 4.28. The molecule has 3 atom stereocenters. The van der Waals surface area contributed by atoms with Gasteiger partial charge in [0.2, 0.25) is 0 Å². The lowest BCUT2D eigenvalue weighted by Gasteiger charge is -2.33. The molecule has 0 bridgehead atoms. The molecule has 18 heavy (non-hydrogen) atoms. The van der Waals surface area contributed by atoms with E-state index in [1.165, 1.54) is 51.5 Å². The first-order chi connectivity index (χ1) is 8.88. The Morgan fingerprint density at radius 1 is 0.889 bits per heavy atom. The van der Waals surface area contributed by atoms with Crippen LogP contribution in [0.15, 0.2) is 0 Å². The van der Waals surface area contributed by atoms with Crippen LogP contribution < -0.4 is 5.32 Å². The molecule has 0 aromatic carbocycles. The highest BCUT2D eigenvalue weighted by Crippen LogP contribution is 2.56. The van der Waals surface area contributed by atoms with Gasteiger partial charge in [0.25, 0.3) is 0 Å². The minimum Gasteiger partial charge on any atom is -0.313 e. The second kappa shape index (κ2) is 5.94. The molecular weight excluding hydrogens is 218 g/mol. The summed E-state index contributed by atoms with van der Waals surface area (Å²) >= 11 is 0. The second-order valence-electron chi connectivity index (χ2n) is 7.22. The highest BCUT2D eigenvalue weighted by Gasteiger charge is 2.48. The first kappa shape index (κ1) is 13.0. The van der Waals surface area contributed by atoms with Crippen LogP contribution in [0.4, 0.5) is 0 Å². The van der Waals surface area contributed by atoms with Gasteiger partial charge in [-0.3, -0.25) is 0 Å². The zero-order valence-corrected chi connectivity index (χ0v) is 12.2. The third-order valence-electron chi connectivity index (χ3n) is 5.83. The van der Waals surface area contributed by atoms with Crippen LogP contribution in [-0.2, 0) is 0 Å². The first-order valence-corrected chi connectivity index (χ1v) is 8.62. The summed E-state index contributed by atoms with van der Waals surface area (Å²) in [5.74, 6) is 4.32. The third-order valence-corrected chi connectivity index (χ3v) is 5.83. The fourth-order valence-corrected chi connectivity index (χ4v) is 4.75. The summed E-state index contributed by atoms with van der Waals surface area (Å²) < 4.78 is 0. The number of rotatable bonds is 5. The van der Waals surface area contributed by atoms with Crippen molar-refractivity contribution < 1.29 is 0 Å². The van der Waals surface area contributed by atoms with Gasteiger partial charge in [0.05, 0.1) is 0 Å². The van der Waals surface area contributed by atoms with E-state index in [1.807, 2.05) is 0 Å². The summed E-state index contributed by atoms with van der Waals surface area (Å²) in [4.78, 5) is 0. The van der Waals surface area contributed by atoms with Crippen LogP contribution in [0.2, 0.25) is 0 Å². The lowest BCUT2D eigenvalue weighted by atomic mass is 9.81. The van der Waals surface area contributed by atoms with E-state index in [2.05, 4.69) is 12.2 Å². The molecular formula is C17H31N. The summed E-state index contributed by atoms with van der Waals surface area (Å²) in [6.45, 7) is 3.55. The van der Waals surface area contributed by atoms with Gasteiger partial charge in [-0.1, -0.05) is 32.6 Å². The van der Waals surface area contributed by atoms with Gasteiger partial charge in [-0.05, 0) is 68.7 Å². The molecule has 3 fully saturated rings. The minimum absolute atomic E-state index is 0.871. The third kappa shape index (κ3) is 2.92. The van der Waals surface area contributed by atoms with Crippen LogP contribution >= 0.6 is 0 Å². The van der Waals surface area contributed by atoms with E-state index in [9.17, 15) is 0 Å². The molecule has 3 unspecified atom stereocenters. The summed E-state index contributed by atoms with van der Waals surface area (Å²) in [5.41, 5.74) is 0. The smallest absolute Gasteiger partial charge is 0.0124 e. The molecule has 104 valence electrons. The lowest BCUT2D eigenvalue weighted by Crippen LogP contribution is -2.42. The highest BCUT2D eigenvalue weighted by atomic mass is 14.9. The Balaban J connectivity index is 1.59. The second-order valence-corrected chi connectivity index (χ2v) is 7.22. The van der Waals surface area contributed by atoms with Crippen LogP contribution in [0.25, 0.3) is 0 Å². The SMILES string of the molecule is CCCNC(C1CCCCCC1)C1CC2CC2C1. The van der Waals surface area contributed by atoms with Crippen LogP contribution in [0, 0.1) is 23.7 Å². The van der Waals surface area contributed by atoms with E-state index in [-0.39, 0.29) is 0 Å². The predicted octanol–water partition coefficient (Wildman–Crippen LogP) is 4.37. The van der Waals surface area contributed by atoms with Crippen molar-refractivity contribution >= 4 is 0 Å². The lowest BCUT2D eigenvalue weighted by molar-refractivity contribution is 0.226. The number of hydrogen-bond acceptors (Lipinski definition) is 1. The molecule has 3 aliphatic carbocycles. The van der Waals surface area contributed by atoms with Crippen molar-refractivity contribution in [2.24, 2.45) is 23.7 Å². The van der Waals surface area contributed by atoms with Crippen LogP contribution in [0.5, 0.6) is 0 Å². The quantitative estimate of drug-likeness (QED) is 0.713. The summed E-state index contributed by atoms with van der Waals surface area (Å²) in [6.07, 6.45) is 15.0. The van der Waals surface area contributed by atoms with E-state index in [4.69, 9.17) is 0 Å². The maximum atomic E-state index is 3.95. The van der Waals surface area contributed by atoms with Crippen molar-refractivity contribution in [2.75, 3.05) is 6.54 Å². The van der Waals surface area contributed by atoms with E-state index in [0.29, 0.717) is 0 Å². The van der Waals surface area contributed by atoms with Crippen molar-refractivity contribution in [3.63, 3.8) is 0 Å². The largest absolute Gasteiger partial charge is 0.313 e. The van der Waals surface area contributed by atoms with Crippen LogP contribution in [0.3, 0.4) is 0 Å². The average molecular weight is 249 g/mol. The zero-order chi connectivity index (χ0) is 12.4. The van der Waals surface area contributed by atoms with E-state index in [1.54, 1.807) is 19.3 Å². The topological polar surface area (TPSA) is 12.0 Å².